The summed E-state index contributed by atoms with van der Waals surface area (Å²) in [5.41, 5.74) is 8.10. The molecule has 20 heavy (non-hydrogen) atoms. The second-order valence-corrected chi connectivity index (χ2v) is 6.11. The molecule has 1 aliphatic rings. The molecule has 2 heterocycles. The molecule has 1 aromatic heterocycles. The smallest absolute Gasteiger partial charge is 0.191 e. The van der Waals surface area contributed by atoms with E-state index in [0.29, 0.717) is 6.54 Å². The Kier molecular flexibility index (Phi) is 4.38. The molecule has 0 radical (unpaired) electrons. The van der Waals surface area contributed by atoms with Crippen molar-refractivity contribution in [3.05, 3.63) is 41.2 Å². The second kappa shape index (κ2) is 6.41. The highest BCUT2D eigenvalue weighted by Crippen LogP contribution is 2.24. The lowest BCUT2D eigenvalue weighted by molar-refractivity contribution is 0.591. The van der Waals surface area contributed by atoms with Crippen molar-refractivity contribution in [3.8, 4) is 0 Å². The molecule has 2 aromatic rings. The van der Waals surface area contributed by atoms with E-state index in [-0.39, 0.29) is 0 Å². The number of hydrogen-bond donors (Lipinski definition) is 1. The van der Waals surface area contributed by atoms with Crippen molar-refractivity contribution in [2.75, 3.05) is 0 Å². The highest BCUT2D eigenvalue weighted by atomic mass is 32.2. The van der Waals surface area contributed by atoms with E-state index in [1.165, 1.54) is 30.4 Å². The Bertz CT molecular complexity index is 562. The van der Waals surface area contributed by atoms with Crippen molar-refractivity contribution in [2.45, 2.75) is 49.7 Å². The third-order valence-corrected chi connectivity index (χ3v) is 4.74. The van der Waals surface area contributed by atoms with Crippen molar-refractivity contribution < 1.29 is 0 Å². The molecule has 0 saturated carbocycles. The van der Waals surface area contributed by atoms with Gasteiger partial charge in [-0.25, -0.2) is 0 Å². The van der Waals surface area contributed by atoms with Gasteiger partial charge < -0.3 is 10.3 Å². The van der Waals surface area contributed by atoms with Crippen LogP contribution in [0.15, 0.2) is 29.4 Å². The number of rotatable bonds is 4. The molecule has 0 bridgehead atoms. The van der Waals surface area contributed by atoms with Crippen molar-refractivity contribution in [2.24, 2.45) is 5.73 Å². The molecule has 0 fully saturated rings. The number of benzene rings is 1. The van der Waals surface area contributed by atoms with Crippen LogP contribution in [0.4, 0.5) is 0 Å². The van der Waals surface area contributed by atoms with Gasteiger partial charge in [0.2, 0.25) is 0 Å². The quantitative estimate of drug-likeness (QED) is 0.879. The first-order valence-electron chi connectivity index (χ1n) is 7.19. The second-order valence-electron chi connectivity index (χ2n) is 5.17. The largest absolute Gasteiger partial charge is 0.326 e. The molecule has 0 unspecified atom stereocenters. The molecule has 5 heteroatoms. The van der Waals surface area contributed by atoms with Gasteiger partial charge in [0.1, 0.15) is 5.82 Å². The lowest BCUT2D eigenvalue weighted by Crippen LogP contribution is -2.02. The van der Waals surface area contributed by atoms with E-state index >= 15 is 0 Å². The minimum Gasteiger partial charge on any atom is -0.326 e. The highest BCUT2D eigenvalue weighted by Gasteiger charge is 2.14. The summed E-state index contributed by atoms with van der Waals surface area (Å²) < 4.78 is 2.30. The Balaban J connectivity index is 1.67. The van der Waals surface area contributed by atoms with Crippen LogP contribution in [-0.4, -0.2) is 14.8 Å². The lowest BCUT2D eigenvalue weighted by Gasteiger charge is -2.06. The lowest BCUT2D eigenvalue weighted by atomic mass is 10.1. The minimum atomic E-state index is 0.602. The van der Waals surface area contributed by atoms with Crippen LogP contribution in [0.3, 0.4) is 0 Å². The average molecular weight is 288 g/mol. The van der Waals surface area contributed by atoms with E-state index in [9.17, 15) is 0 Å². The third-order valence-electron chi connectivity index (χ3n) is 3.70. The fourth-order valence-corrected chi connectivity index (χ4v) is 3.42. The SMILES string of the molecule is NCc1ccc(CSc2nnc3n2CCCCC3)cc1. The molecule has 2 N–H and O–H groups in total. The van der Waals surface area contributed by atoms with Crippen LogP contribution in [0.5, 0.6) is 0 Å². The molecule has 0 spiro atoms. The fraction of sp³-hybridized carbons (Fsp3) is 0.467. The van der Waals surface area contributed by atoms with Crippen LogP contribution in [-0.2, 0) is 25.3 Å². The van der Waals surface area contributed by atoms with Gasteiger partial charge in [-0.15, -0.1) is 10.2 Å². The molecular weight excluding hydrogens is 268 g/mol. The molecule has 4 nitrogen and oxygen atoms in total. The zero-order valence-electron chi connectivity index (χ0n) is 11.6. The first kappa shape index (κ1) is 13.6. The van der Waals surface area contributed by atoms with Crippen LogP contribution >= 0.6 is 11.8 Å². The standard InChI is InChI=1S/C15H20N4S/c16-10-12-5-7-13(8-6-12)11-20-15-18-17-14-4-2-1-3-9-19(14)15/h5-8H,1-4,9-11,16H2. The van der Waals surface area contributed by atoms with Gasteiger partial charge in [-0.3, -0.25) is 0 Å². The molecule has 0 atom stereocenters. The molecular formula is C15H20N4S. The monoisotopic (exact) mass is 288 g/mol. The van der Waals surface area contributed by atoms with Crippen molar-refractivity contribution in [1.29, 1.82) is 0 Å². The van der Waals surface area contributed by atoms with Gasteiger partial charge in [0, 0.05) is 25.3 Å². The Hall–Kier alpha value is -1.33. The first-order chi connectivity index (χ1) is 9.86. The maximum absolute atomic E-state index is 5.62. The summed E-state index contributed by atoms with van der Waals surface area (Å²) in [5.74, 6) is 2.09. The molecule has 0 saturated heterocycles. The van der Waals surface area contributed by atoms with Crippen molar-refractivity contribution in [3.63, 3.8) is 0 Å². The van der Waals surface area contributed by atoms with Gasteiger partial charge in [-0.05, 0) is 24.0 Å². The molecule has 106 valence electrons. The number of nitrogens with zero attached hydrogens (tertiary/aromatic N) is 3. The van der Waals surface area contributed by atoms with E-state index < -0.39 is 0 Å². The summed E-state index contributed by atoms with van der Waals surface area (Å²) in [7, 11) is 0. The van der Waals surface area contributed by atoms with Crippen LogP contribution in [0.1, 0.15) is 36.2 Å². The Morgan fingerprint density at radius 3 is 2.65 bits per heavy atom. The van der Waals surface area contributed by atoms with Gasteiger partial charge in [-0.1, -0.05) is 42.4 Å². The summed E-state index contributed by atoms with van der Waals surface area (Å²) in [5, 5.41) is 9.74. The summed E-state index contributed by atoms with van der Waals surface area (Å²) in [6.07, 6.45) is 4.85. The molecule has 3 rings (SSSR count). The predicted molar refractivity (Wildman–Crippen MR) is 81.5 cm³/mol. The van der Waals surface area contributed by atoms with Gasteiger partial charge in [0.05, 0.1) is 0 Å². The molecule has 0 aliphatic carbocycles. The Morgan fingerprint density at radius 1 is 1.05 bits per heavy atom. The van der Waals surface area contributed by atoms with Gasteiger partial charge in [-0.2, -0.15) is 0 Å². The molecule has 0 amide bonds. The van der Waals surface area contributed by atoms with Crippen LogP contribution in [0, 0.1) is 0 Å². The number of aryl methyl sites for hydroxylation is 1. The normalized spacial score (nSPS) is 14.8. The fourth-order valence-electron chi connectivity index (χ4n) is 2.48. The van der Waals surface area contributed by atoms with Gasteiger partial charge in [0.25, 0.3) is 0 Å². The maximum atomic E-state index is 5.62. The highest BCUT2D eigenvalue weighted by molar-refractivity contribution is 7.98. The topological polar surface area (TPSA) is 56.7 Å². The molecule has 1 aliphatic heterocycles. The summed E-state index contributed by atoms with van der Waals surface area (Å²) in [4.78, 5) is 0. The van der Waals surface area contributed by atoms with Crippen molar-refractivity contribution >= 4 is 11.8 Å². The van der Waals surface area contributed by atoms with E-state index in [4.69, 9.17) is 5.73 Å². The number of aromatic nitrogens is 3. The van der Waals surface area contributed by atoms with Gasteiger partial charge >= 0.3 is 0 Å². The zero-order chi connectivity index (χ0) is 13.8. The van der Waals surface area contributed by atoms with E-state index in [0.717, 1.165) is 29.7 Å². The summed E-state index contributed by atoms with van der Waals surface area (Å²) in [6.45, 7) is 1.67. The summed E-state index contributed by atoms with van der Waals surface area (Å²) in [6, 6.07) is 8.49. The Labute approximate surface area is 123 Å². The average Bonchev–Trinajstić information content (AvgIpc) is 2.72. The van der Waals surface area contributed by atoms with E-state index in [2.05, 4.69) is 39.0 Å². The summed E-state index contributed by atoms with van der Waals surface area (Å²) >= 11 is 1.78. The third kappa shape index (κ3) is 3.04. The maximum Gasteiger partial charge on any atom is 0.191 e. The number of nitrogens with two attached hydrogens (primary N) is 1. The number of thioether (sulfide) groups is 1. The number of fused-ring (bicyclic) bond motifs is 1. The van der Waals surface area contributed by atoms with Crippen LogP contribution in [0.2, 0.25) is 0 Å². The molecule has 1 aromatic carbocycles. The number of hydrogen-bond acceptors (Lipinski definition) is 4. The Morgan fingerprint density at radius 2 is 1.85 bits per heavy atom. The predicted octanol–water partition coefficient (Wildman–Crippen LogP) is 2.76. The zero-order valence-corrected chi connectivity index (χ0v) is 12.4. The minimum absolute atomic E-state index is 0.602. The van der Waals surface area contributed by atoms with Crippen LogP contribution < -0.4 is 5.73 Å². The van der Waals surface area contributed by atoms with Gasteiger partial charge in [0.15, 0.2) is 5.16 Å². The van der Waals surface area contributed by atoms with Crippen LogP contribution in [0.25, 0.3) is 0 Å². The van der Waals surface area contributed by atoms with E-state index in [1.54, 1.807) is 11.8 Å². The van der Waals surface area contributed by atoms with E-state index in [1.807, 2.05) is 0 Å². The van der Waals surface area contributed by atoms with Crippen molar-refractivity contribution in [1.82, 2.24) is 14.8 Å². The first-order valence-corrected chi connectivity index (χ1v) is 8.18.